The van der Waals surface area contributed by atoms with Gasteiger partial charge in [-0.15, -0.1) is 5.10 Å². The third-order valence-electron chi connectivity index (χ3n) is 3.77. The van der Waals surface area contributed by atoms with E-state index in [2.05, 4.69) is 45.4 Å². The summed E-state index contributed by atoms with van der Waals surface area (Å²) in [7, 11) is -1.17. The Balaban J connectivity index is 1.79. The molecule has 0 aromatic carbocycles. The van der Waals surface area contributed by atoms with Crippen LogP contribution in [0.4, 0.5) is 10.6 Å². The van der Waals surface area contributed by atoms with Gasteiger partial charge >= 0.3 is 6.09 Å². The Bertz CT molecular complexity index is 494. The first-order chi connectivity index (χ1) is 11.0. The maximum Gasteiger partial charge on any atom is 0.407 e. The maximum absolute atomic E-state index is 11.8. The topological polar surface area (TPSA) is 79.4 Å². The van der Waals surface area contributed by atoms with E-state index in [-0.39, 0.29) is 12.1 Å². The lowest BCUT2D eigenvalue weighted by molar-refractivity contribution is 0.151. The van der Waals surface area contributed by atoms with Gasteiger partial charge in [-0.05, 0) is 18.2 Å². The first-order valence-corrected chi connectivity index (χ1v) is 11.8. The van der Waals surface area contributed by atoms with Gasteiger partial charge < -0.3 is 20.3 Å². The number of anilines is 1. The van der Waals surface area contributed by atoms with Gasteiger partial charge in [0.2, 0.25) is 0 Å². The molecule has 1 fully saturated rings. The molecule has 1 aromatic heterocycles. The first kappa shape index (κ1) is 17.7. The van der Waals surface area contributed by atoms with Crippen molar-refractivity contribution in [1.29, 1.82) is 0 Å². The third kappa shape index (κ3) is 6.15. The number of rotatable bonds is 6. The molecule has 1 aromatic rings. The molecule has 2 rings (SSSR count). The molecule has 1 amide bonds. The van der Waals surface area contributed by atoms with Crippen LogP contribution in [0.15, 0.2) is 18.3 Å². The number of carbonyl (C=O) groups is 1. The maximum atomic E-state index is 11.8. The van der Waals surface area contributed by atoms with Crippen molar-refractivity contribution in [2.24, 2.45) is 0 Å². The fourth-order valence-corrected chi connectivity index (χ4v) is 3.11. The molecule has 0 aliphatic carbocycles. The van der Waals surface area contributed by atoms with E-state index in [1.807, 2.05) is 12.1 Å². The Hall–Kier alpha value is -1.67. The van der Waals surface area contributed by atoms with Crippen molar-refractivity contribution in [3.8, 4) is 0 Å². The van der Waals surface area contributed by atoms with Crippen LogP contribution in [0.1, 0.15) is 0 Å². The molecule has 1 aliphatic heterocycles. The van der Waals surface area contributed by atoms with E-state index >= 15 is 0 Å². The SMILES string of the molecule is C[Si](C)(C)CCOC(=O)NC[C@H]1CNCCN1c1cccnn1. The lowest BCUT2D eigenvalue weighted by Crippen LogP contribution is -2.56. The highest BCUT2D eigenvalue weighted by Gasteiger charge is 2.24. The lowest BCUT2D eigenvalue weighted by atomic mass is 10.2. The van der Waals surface area contributed by atoms with Crippen molar-refractivity contribution in [1.82, 2.24) is 20.8 Å². The van der Waals surface area contributed by atoms with E-state index in [0.29, 0.717) is 13.2 Å². The molecule has 8 heteroatoms. The minimum absolute atomic E-state index is 0.144. The zero-order valence-corrected chi connectivity index (χ0v) is 15.2. The Morgan fingerprint density at radius 3 is 3.04 bits per heavy atom. The molecular weight excluding hydrogens is 310 g/mol. The molecular formula is C15H27N5O2Si. The fourth-order valence-electron chi connectivity index (χ4n) is 2.39. The van der Waals surface area contributed by atoms with Gasteiger partial charge in [0.05, 0.1) is 12.6 Å². The first-order valence-electron chi connectivity index (χ1n) is 8.11. The van der Waals surface area contributed by atoms with Crippen LogP contribution < -0.4 is 15.5 Å². The Morgan fingerprint density at radius 1 is 1.52 bits per heavy atom. The van der Waals surface area contributed by atoms with E-state index in [4.69, 9.17) is 4.74 Å². The summed E-state index contributed by atoms with van der Waals surface area (Å²) in [5, 5.41) is 14.3. The van der Waals surface area contributed by atoms with E-state index in [0.717, 1.165) is 31.5 Å². The van der Waals surface area contributed by atoms with Crippen molar-refractivity contribution in [2.45, 2.75) is 31.7 Å². The number of amides is 1. The number of nitrogens with zero attached hydrogens (tertiary/aromatic N) is 3. The van der Waals surface area contributed by atoms with Gasteiger partial charge in [-0.1, -0.05) is 19.6 Å². The van der Waals surface area contributed by atoms with Crippen LogP contribution >= 0.6 is 0 Å². The molecule has 2 N–H and O–H groups in total. The summed E-state index contributed by atoms with van der Waals surface area (Å²) in [5.74, 6) is 0.841. The third-order valence-corrected chi connectivity index (χ3v) is 5.47. The van der Waals surface area contributed by atoms with E-state index in [1.165, 1.54) is 0 Å². The zero-order valence-electron chi connectivity index (χ0n) is 14.2. The number of ether oxygens (including phenoxy) is 1. The largest absolute Gasteiger partial charge is 0.450 e. The highest BCUT2D eigenvalue weighted by atomic mass is 28.3. The molecule has 0 radical (unpaired) electrons. The summed E-state index contributed by atoms with van der Waals surface area (Å²) >= 11 is 0. The summed E-state index contributed by atoms with van der Waals surface area (Å²) in [4.78, 5) is 14.0. The number of hydrogen-bond acceptors (Lipinski definition) is 6. The highest BCUT2D eigenvalue weighted by molar-refractivity contribution is 6.76. The Labute approximate surface area is 138 Å². The van der Waals surface area contributed by atoms with Gasteiger partial charge in [0.15, 0.2) is 5.82 Å². The second-order valence-electron chi connectivity index (χ2n) is 6.96. The quantitative estimate of drug-likeness (QED) is 0.762. The molecule has 128 valence electrons. The standard InChI is InChI=1S/C15H27N5O2Si/c1-23(2,3)10-9-22-15(21)17-12-13-11-16-7-8-20(13)14-5-4-6-18-19-14/h4-6,13,16H,7-12H2,1-3H3,(H,17,21)/t13-/m1/s1. The lowest BCUT2D eigenvalue weighted by Gasteiger charge is -2.36. The normalized spacial score (nSPS) is 18.6. The summed E-state index contributed by atoms with van der Waals surface area (Å²) in [5.41, 5.74) is 0. The van der Waals surface area contributed by atoms with Gasteiger partial charge in [-0.25, -0.2) is 4.79 Å². The van der Waals surface area contributed by atoms with Crippen molar-refractivity contribution in [3.05, 3.63) is 18.3 Å². The number of aromatic nitrogens is 2. The second kappa shape index (κ2) is 8.26. The molecule has 0 spiro atoms. The van der Waals surface area contributed by atoms with Crippen LogP contribution in [-0.2, 0) is 4.74 Å². The van der Waals surface area contributed by atoms with Gasteiger partial charge in [0, 0.05) is 40.4 Å². The van der Waals surface area contributed by atoms with Crippen LogP contribution in [0.2, 0.25) is 25.7 Å². The molecule has 0 bridgehead atoms. The van der Waals surface area contributed by atoms with Crippen LogP contribution in [0.25, 0.3) is 0 Å². The monoisotopic (exact) mass is 337 g/mol. The van der Waals surface area contributed by atoms with Crippen LogP contribution in [0.5, 0.6) is 0 Å². The van der Waals surface area contributed by atoms with Crippen molar-refractivity contribution in [3.63, 3.8) is 0 Å². The Morgan fingerprint density at radius 2 is 2.35 bits per heavy atom. The fraction of sp³-hybridized carbons (Fsp3) is 0.667. The molecule has 7 nitrogen and oxygen atoms in total. The predicted octanol–water partition coefficient (Wildman–Crippen LogP) is 1.32. The molecule has 1 atom stereocenters. The molecule has 0 saturated carbocycles. The molecule has 0 unspecified atom stereocenters. The number of hydrogen-bond donors (Lipinski definition) is 2. The molecule has 1 aliphatic rings. The highest BCUT2D eigenvalue weighted by Crippen LogP contribution is 2.13. The second-order valence-corrected chi connectivity index (χ2v) is 12.6. The van der Waals surface area contributed by atoms with Crippen LogP contribution in [0, 0.1) is 0 Å². The summed E-state index contributed by atoms with van der Waals surface area (Å²) < 4.78 is 5.27. The van der Waals surface area contributed by atoms with E-state index < -0.39 is 8.07 Å². The summed E-state index contributed by atoms with van der Waals surface area (Å²) in [6, 6.07) is 4.94. The minimum atomic E-state index is -1.17. The van der Waals surface area contributed by atoms with Gasteiger partial charge in [-0.3, -0.25) is 0 Å². The summed E-state index contributed by atoms with van der Waals surface area (Å²) in [6.45, 7) is 10.4. The average molecular weight is 338 g/mol. The van der Waals surface area contributed by atoms with Crippen LogP contribution in [0.3, 0.4) is 0 Å². The minimum Gasteiger partial charge on any atom is -0.450 e. The van der Waals surface area contributed by atoms with Gasteiger partial charge in [0.1, 0.15) is 0 Å². The van der Waals surface area contributed by atoms with E-state index in [1.54, 1.807) is 6.20 Å². The number of carbonyl (C=O) groups excluding carboxylic acids is 1. The predicted molar refractivity (Wildman–Crippen MR) is 93.5 cm³/mol. The smallest absolute Gasteiger partial charge is 0.407 e. The van der Waals surface area contributed by atoms with Gasteiger partial charge in [-0.2, -0.15) is 5.10 Å². The molecule has 23 heavy (non-hydrogen) atoms. The molecule has 2 heterocycles. The zero-order chi connectivity index (χ0) is 16.7. The number of alkyl carbamates (subject to hydrolysis) is 1. The van der Waals surface area contributed by atoms with Crippen molar-refractivity contribution < 1.29 is 9.53 Å². The average Bonchev–Trinajstić information content (AvgIpc) is 2.53. The molecule has 1 saturated heterocycles. The van der Waals surface area contributed by atoms with Crippen molar-refractivity contribution >= 4 is 20.0 Å². The summed E-state index contributed by atoms with van der Waals surface area (Å²) in [6.07, 6.45) is 1.32. The van der Waals surface area contributed by atoms with E-state index in [9.17, 15) is 4.79 Å². The van der Waals surface area contributed by atoms with Gasteiger partial charge in [0.25, 0.3) is 0 Å². The number of piperazine rings is 1. The van der Waals surface area contributed by atoms with Crippen molar-refractivity contribution in [2.75, 3.05) is 37.7 Å². The Kier molecular flexibility index (Phi) is 6.34. The van der Waals surface area contributed by atoms with Crippen LogP contribution in [-0.4, -0.2) is 63.2 Å². The number of nitrogens with one attached hydrogen (secondary N) is 2.